The summed E-state index contributed by atoms with van der Waals surface area (Å²) in [6.45, 7) is 1.53. The first kappa shape index (κ1) is 11.7. The molecule has 2 aromatic heterocycles. The molecule has 1 aliphatic rings. The van der Waals surface area contributed by atoms with E-state index in [1.54, 1.807) is 11.3 Å². The van der Waals surface area contributed by atoms with Gasteiger partial charge in [-0.05, 0) is 18.2 Å². The van der Waals surface area contributed by atoms with Crippen LogP contribution >= 0.6 is 11.3 Å². The van der Waals surface area contributed by atoms with E-state index in [2.05, 4.69) is 15.6 Å². The van der Waals surface area contributed by atoms with E-state index in [9.17, 15) is 0 Å². The van der Waals surface area contributed by atoms with Crippen molar-refractivity contribution in [3.63, 3.8) is 0 Å². The zero-order chi connectivity index (χ0) is 13.5. The van der Waals surface area contributed by atoms with E-state index >= 15 is 0 Å². The third kappa shape index (κ3) is 1.67. The van der Waals surface area contributed by atoms with Crippen LogP contribution in [0.15, 0.2) is 23.6 Å². The molecule has 4 rings (SSSR count). The SMILES string of the molecule is NCc1nnc2scc(-c3ccc4c(c3)OCCO4)n12. The highest BCUT2D eigenvalue weighted by Crippen LogP contribution is 2.35. The van der Waals surface area contributed by atoms with Crippen LogP contribution in [-0.4, -0.2) is 27.8 Å². The van der Waals surface area contributed by atoms with Gasteiger partial charge < -0.3 is 15.2 Å². The Morgan fingerprint density at radius 3 is 2.90 bits per heavy atom. The van der Waals surface area contributed by atoms with E-state index in [1.165, 1.54) is 0 Å². The first-order valence-corrected chi connectivity index (χ1v) is 7.16. The van der Waals surface area contributed by atoms with Crippen LogP contribution in [0.1, 0.15) is 5.82 Å². The molecule has 3 aromatic rings. The Morgan fingerprint density at radius 1 is 1.20 bits per heavy atom. The van der Waals surface area contributed by atoms with Gasteiger partial charge in [0.1, 0.15) is 13.2 Å². The highest BCUT2D eigenvalue weighted by molar-refractivity contribution is 7.15. The maximum absolute atomic E-state index is 5.71. The van der Waals surface area contributed by atoms with Crippen molar-refractivity contribution in [3.05, 3.63) is 29.4 Å². The van der Waals surface area contributed by atoms with E-state index in [-0.39, 0.29) is 0 Å². The number of aromatic nitrogens is 3. The van der Waals surface area contributed by atoms with Crippen molar-refractivity contribution in [1.82, 2.24) is 14.6 Å². The maximum atomic E-state index is 5.71. The van der Waals surface area contributed by atoms with Crippen LogP contribution in [0.5, 0.6) is 11.5 Å². The van der Waals surface area contributed by atoms with Crippen LogP contribution in [0.3, 0.4) is 0 Å². The van der Waals surface area contributed by atoms with E-state index in [0.29, 0.717) is 19.8 Å². The van der Waals surface area contributed by atoms with Crippen molar-refractivity contribution in [2.45, 2.75) is 6.54 Å². The monoisotopic (exact) mass is 288 g/mol. The maximum Gasteiger partial charge on any atom is 0.216 e. The molecular formula is C13H12N4O2S. The Hall–Kier alpha value is -2.12. The normalized spacial score (nSPS) is 13.8. The Kier molecular flexibility index (Phi) is 2.61. The van der Waals surface area contributed by atoms with E-state index in [1.807, 2.05) is 22.6 Å². The lowest BCUT2D eigenvalue weighted by Gasteiger charge is -2.18. The quantitative estimate of drug-likeness (QED) is 0.776. The van der Waals surface area contributed by atoms with E-state index in [4.69, 9.17) is 15.2 Å². The van der Waals surface area contributed by atoms with Gasteiger partial charge in [0.2, 0.25) is 4.96 Å². The summed E-state index contributed by atoms with van der Waals surface area (Å²) in [5.41, 5.74) is 7.77. The Balaban J connectivity index is 1.88. The fraction of sp³-hybridized carbons (Fsp3) is 0.231. The van der Waals surface area contributed by atoms with Gasteiger partial charge in [-0.3, -0.25) is 4.40 Å². The van der Waals surface area contributed by atoms with Crippen molar-refractivity contribution in [1.29, 1.82) is 0 Å². The van der Waals surface area contributed by atoms with Crippen LogP contribution in [-0.2, 0) is 6.54 Å². The summed E-state index contributed by atoms with van der Waals surface area (Å²) in [6, 6.07) is 5.92. The van der Waals surface area contributed by atoms with Gasteiger partial charge >= 0.3 is 0 Å². The van der Waals surface area contributed by atoms with Crippen molar-refractivity contribution in [2.24, 2.45) is 5.73 Å². The standard InChI is InChI=1S/C13H12N4O2S/c14-6-12-15-16-13-17(12)9(7-20-13)8-1-2-10-11(5-8)19-4-3-18-10/h1-2,5,7H,3-4,6,14H2. The lowest BCUT2D eigenvalue weighted by Crippen LogP contribution is -2.15. The smallest absolute Gasteiger partial charge is 0.216 e. The molecule has 7 heteroatoms. The minimum Gasteiger partial charge on any atom is -0.486 e. The fourth-order valence-electron chi connectivity index (χ4n) is 2.31. The van der Waals surface area contributed by atoms with E-state index in [0.717, 1.165) is 33.5 Å². The highest BCUT2D eigenvalue weighted by atomic mass is 32.1. The van der Waals surface area contributed by atoms with Crippen molar-refractivity contribution >= 4 is 16.3 Å². The minimum absolute atomic E-state index is 0.357. The number of ether oxygens (including phenoxy) is 2. The molecule has 6 nitrogen and oxygen atoms in total. The van der Waals surface area contributed by atoms with Crippen molar-refractivity contribution in [3.8, 4) is 22.8 Å². The summed E-state index contributed by atoms with van der Waals surface area (Å²) in [4.78, 5) is 0.843. The zero-order valence-electron chi connectivity index (χ0n) is 10.6. The molecule has 0 unspecified atom stereocenters. The molecule has 0 fully saturated rings. The van der Waals surface area contributed by atoms with Gasteiger partial charge in [-0.15, -0.1) is 21.5 Å². The number of hydrogen-bond donors (Lipinski definition) is 1. The van der Waals surface area contributed by atoms with Crippen LogP contribution in [0.2, 0.25) is 0 Å². The molecule has 20 heavy (non-hydrogen) atoms. The number of thiazole rings is 1. The van der Waals surface area contributed by atoms with Crippen LogP contribution in [0, 0.1) is 0 Å². The molecule has 0 saturated heterocycles. The Bertz CT molecular complexity index is 780. The van der Waals surface area contributed by atoms with Crippen molar-refractivity contribution < 1.29 is 9.47 Å². The molecule has 1 aromatic carbocycles. The molecule has 0 bridgehead atoms. The van der Waals surface area contributed by atoms with Gasteiger partial charge in [-0.25, -0.2) is 0 Å². The number of benzene rings is 1. The lowest BCUT2D eigenvalue weighted by molar-refractivity contribution is 0.171. The van der Waals surface area contributed by atoms with Gasteiger partial charge in [0.05, 0.1) is 12.2 Å². The summed E-state index contributed by atoms with van der Waals surface area (Å²) in [5, 5.41) is 10.3. The predicted octanol–water partition coefficient (Wildman–Crippen LogP) is 1.69. The lowest BCUT2D eigenvalue weighted by atomic mass is 10.1. The zero-order valence-corrected chi connectivity index (χ0v) is 11.4. The average Bonchev–Trinajstić information content (AvgIpc) is 3.08. The molecule has 0 atom stereocenters. The van der Waals surface area contributed by atoms with Crippen LogP contribution < -0.4 is 15.2 Å². The van der Waals surface area contributed by atoms with Gasteiger partial charge in [0.25, 0.3) is 0 Å². The summed E-state index contributed by atoms with van der Waals surface area (Å²) in [5.74, 6) is 2.32. The number of fused-ring (bicyclic) bond motifs is 2. The van der Waals surface area contributed by atoms with Crippen molar-refractivity contribution in [2.75, 3.05) is 13.2 Å². The van der Waals surface area contributed by atoms with Crippen LogP contribution in [0.4, 0.5) is 0 Å². The molecule has 0 spiro atoms. The minimum atomic E-state index is 0.357. The van der Waals surface area contributed by atoms with Gasteiger partial charge in [0.15, 0.2) is 17.3 Å². The molecule has 0 radical (unpaired) electrons. The van der Waals surface area contributed by atoms with E-state index < -0.39 is 0 Å². The number of nitrogens with zero attached hydrogens (tertiary/aromatic N) is 3. The van der Waals surface area contributed by atoms with Gasteiger partial charge in [0, 0.05) is 10.9 Å². The first-order chi connectivity index (χ1) is 9.86. The fourth-order valence-corrected chi connectivity index (χ4v) is 3.17. The molecule has 102 valence electrons. The highest BCUT2D eigenvalue weighted by Gasteiger charge is 2.16. The molecule has 3 heterocycles. The summed E-state index contributed by atoms with van der Waals surface area (Å²) in [7, 11) is 0. The topological polar surface area (TPSA) is 74.7 Å². The summed E-state index contributed by atoms with van der Waals surface area (Å²) in [6.07, 6.45) is 0. The molecule has 1 aliphatic heterocycles. The second-order valence-electron chi connectivity index (χ2n) is 4.42. The first-order valence-electron chi connectivity index (χ1n) is 6.28. The molecule has 2 N–H and O–H groups in total. The van der Waals surface area contributed by atoms with Gasteiger partial charge in [-0.2, -0.15) is 0 Å². The molecule has 0 saturated carbocycles. The molecular weight excluding hydrogens is 276 g/mol. The van der Waals surface area contributed by atoms with Gasteiger partial charge in [-0.1, -0.05) is 0 Å². The summed E-state index contributed by atoms with van der Waals surface area (Å²) >= 11 is 1.54. The Morgan fingerprint density at radius 2 is 2.05 bits per heavy atom. The predicted molar refractivity (Wildman–Crippen MR) is 75.2 cm³/mol. The molecule has 0 aliphatic carbocycles. The Labute approximate surface area is 118 Å². The summed E-state index contributed by atoms with van der Waals surface area (Å²) < 4.78 is 13.1. The third-order valence-electron chi connectivity index (χ3n) is 3.24. The third-order valence-corrected chi connectivity index (χ3v) is 4.05. The number of nitrogens with two attached hydrogens (primary N) is 1. The second-order valence-corrected chi connectivity index (χ2v) is 5.25. The average molecular weight is 288 g/mol. The number of hydrogen-bond acceptors (Lipinski definition) is 6. The largest absolute Gasteiger partial charge is 0.486 e. The second kappa shape index (κ2) is 4.46. The molecule has 0 amide bonds. The number of rotatable bonds is 2. The van der Waals surface area contributed by atoms with Crippen LogP contribution in [0.25, 0.3) is 16.2 Å².